The molecule has 1 atom stereocenters. The Hall–Kier alpha value is -4.00. The van der Waals surface area contributed by atoms with Crippen LogP contribution in [0.5, 0.6) is 0 Å². The Bertz CT molecular complexity index is 1380. The van der Waals surface area contributed by atoms with Crippen LogP contribution in [-0.4, -0.2) is 26.0 Å². The molecule has 4 rings (SSSR count). The summed E-state index contributed by atoms with van der Waals surface area (Å²) in [5.41, 5.74) is 3.17. The molecule has 0 aliphatic rings. The number of aromatic nitrogens is 3. The predicted octanol–water partition coefficient (Wildman–Crippen LogP) is 4.21. The lowest BCUT2D eigenvalue weighted by Crippen LogP contribution is -2.25. The molecule has 7 nitrogen and oxygen atoms in total. The van der Waals surface area contributed by atoms with Gasteiger partial charge in [0.05, 0.1) is 17.3 Å². The molecule has 32 heavy (non-hydrogen) atoms. The topological polar surface area (TPSA) is 86.0 Å². The Kier molecular flexibility index (Phi) is 5.48. The normalized spacial score (nSPS) is 12.0. The van der Waals surface area contributed by atoms with Crippen molar-refractivity contribution in [2.45, 2.75) is 33.7 Å². The number of nitrogens with zero attached hydrogens (tertiary/aromatic N) is 3. The molecule has 2 heterocycles. The van der Waals surface area contributed by atoms with Crippen molar-refractivity contribution in [2.24, 2.45) is 0 Å². The van der Waals surface area contributed by atoms with Crippen LogP contribution in [0.2, 0.25) is 0 Å². The molecule has 0 bridgehead atoms. The second-order valence-electron chi connectivity index (χ2n) is 7.83. The van der Waals surface area contributed by atoms with Gasteiger partial charge < -0.3 is 9.88 Å². The number of ketones is 1. The minimum Gasteiger partial charge on any atom is -0.336 e. The van der Waals surface area contributed by atoms with Crippen molar-refractivity contribution in [1.29, 1.82) is 0 Å². The van der Waals surface area contributed by atoms with Crippen molar-refractivity contribution in [1.82, 2.24) is 14.3 Å². The maximum Gasteiger partial charge on any atom is 0.281 e. The van der Waals surface area contributed by atoms with Crippen LogP contribution in [0.3, 0.4) is 0 Å². The third kappa shape index (κ3) is 3.62. The van der Waals surface area contributed by atoms with Crippen molar-refractivity contribution in [3.8, 4) is 5.69 Å². The number of hydrogen-bond acceptors (Lipinski definition) is 4. The third-order valence-electron chi connectivity index (χ3n) is 5.78. The first kappa shape index (κ1) is 21.2. The zero-order chi connectivity index (χ0) is 23.0. The molecule has 2 aromatic heterocycles. The first-order valence-electron chi connectivity index (χ1n) is 10.4. The molecule has 1 N–H and O–H groups in total. The second-order valence-corrected chi connectivity index (χ2v) is 7.83. The van der Waals surface area contributed by atoms with Crippen molar-refractivity contribution in [2.75, 3.05) is 5.32 Å². The number of anilines is 1. The van der Waals surface area contributed by atoms with E-state index in [-0.39, 0.29) is 17.2 Å². The highest BCUT2D eigenvalue weighted by Gasteiger charge is 2.23. The third-order valence-corrected chi connectivity index (χ3v) is 5.78. The summed E-state index contributed by atoms with van der Waals surface area (Å²) in [4.78, 5) is 37.7. The first-order chi connectivity index (χ1) is 15.3. The number of aryl methyl sites for hydroxylation is 2. The van der Waals surface area contributed by atoms with Gasteiger partial charge in [-0.3, -0.25) is 14.4 Å². The van der Waals surface area contributed by atoms with Gasteiger partial charge in [-0.2, -0.15) is 9.78 Å². The Balaban J connectivity index is 1.70. The van der Waals surface area contributed by atoms with E-state index in [4.69, 9.17) is 0 Å². The molecule has 0 fully saturated rings. The van der Waals surface area contributed by atoms with Crippen LogP contribution in [0, 0.1) is 13.8 Å². The van der Waals surface area contributed by atoms with Gasteiger partial charge in [-0.05, 0) is 64.1 Å². The molecule has 0 spiro atoms. The fourth-order valence-electron chi connectivity index (χ4n) is 4.07. The molecule has 0 saturated heterocycles. The van der Waals surface area contributed by atoms with Gasteiger partial charge in [-0.1, -0.05) is 18.2 Å². The number of hydrogen-bond donors (Lipinski definition) is 1. The van der Waals surface area contributed by atoms with E-state index in [1.54, 1.807) is 37.4 Å². The van der Waals surface area contributed by atoms with Crippen molar-refractivity contribution >= 4 is 28.2 Å². The van der Waals surface area contributed by atoms with Gasteiger partial charge in [0.1, 0.15) is 6.04 Å². The Labute approximate surface area is 185 Å². The van der Waals surface area contributed by atoms with E-state index in [9.17, 15) is 14.4 Å². The lowest BCUT2D eigenvalue weighted by molar-refractivity contribution is -0.118. The standard InChI is InChI=1S/C25H24N4O3/c1-15-22-14-26-29(21-8-6-5-7-9-21)25(32)23(22)16(2)28(15)17(3)24(31)27-20-12-10-19(11-13-20)18(4)30/h5-14,17H,1-4H3,(H,27,31)/t17-/m1/s1. The number of amides is 1. The lowest BCUT2D eigenvalue weighted by Gasteiger charge is -2.18. The molecule has 0 saturated carbocycles. The van der Waals surface area contributed by atoms with Crippen LogP contribution < -0.4 is 10.9 Å². The van der Waals surface area contributed by atoms with Gasteiger partial charge in [0, 0.05) is 28.0 Å². The number of Topliss-reactive ketones (excluding diaryl/α,β-unsaturated/α-hetero) is 1. The predicted molar refractivity (Wildman–Crippen MR) is 125 cm³/mol. The zero-order valence-corrected chi connectivity index (χ0v) is 18.4. The van der Waals surface area contributed by atoms with Crippen LogP contribution in [0.25, 0.3) is 16.5 Å². The highest BCUT2D eigenvalue weighted by molar-refractivity contribution is 5.97. The fourth-order valence-corrected chi connectivity index (χ4v) is 4.07. The van der Waals surface area contributed by atoms with Crippen molar-refractivity contribution < 1.29 is 9.59 Å². The van der Waals surface area contributed by atoms with E-state index in [1.807, 2.05) is 48.7 Å². The van der Waals surface area contributed by atoms with E-state index in [0.29, 0.717) is 28.0 Å². The fraction of sp³-hybridized carbons (Fsp3) is 0.200. The van der Waals surface area contributed by atoms with E-state index in [1.165, 1.54) is 11.6 Å². The van der Waals surface area contributed by atoms with Gasteiger partial charge in [0.2, 0.25) is 5.91 Å². The van der Waals surface area contributed by atoms with Gasteiger partial charge in [0.15, 0.2) is 5.78 Å². The summed E-state index contributed by atoms with van der Waals surface area (Å²) in [5.74, 6) is -0.250. The summed E-state index contributed by atoms with van der Waals surface area (Å²) in [6.45, 7) is 7.02. The quantitative estimate of drug-likeness (QED) is 0.483. The SMILES string of the molecule is CC(=O)c1ccc(NC(=O)[C@@H](C)n2c(C)c3cnn(-c4ccccc4)c(=O)c3c2C)cc1. The molecule has 4 aromatic rings. The summed E-state index contributed by atoms with van der Waals surface area (Å²) < 4.78 is 3.24. The average Bonchev–Trinajstić information content (AvgIpc) is 3.05. The lowest BCUT2D eigenvalue weighted by atomic mass is 10.1. The summed E-state index contributed by atoms with van der Waals surface area (Å²) in [6.07, 6.45) is 1.67. The number of para-hydroxylation sites is 1. The summed E-state index contributed by atoms with van der Waals surface area (Å²) in [5, 5.41) is 8.51. The molecule has 0 unspecified atom stereocenters. The van der Waals surface area contributed by atoms with Crippen LogP contribution in [-0.2, 0) is 4.79 Å². The smallest absolute Gasteiger partial charge is 0.281 e. The summed E-state index contributed by atoms with van der Waals surface area (Å²) in [6, 6.07) is 15.5. The minimum absolute atomic E-state index is 0.0312. The van der Waals surface area contributed by atoms with Crippen LogP contribution in [0.15, 0.2) is 65.6 Å². The molecule has 7 heteroatoms. The monoisotopic (exact) mass is 428 g/mol. The van der Waals surface area contributed by atoms with Gasteiger partial charge in [0.25, 0.3) is 5.56 Å². The molecule has 0 aliphatic carbocycles. The van der Waals surface area contributed by atoms with Crippen LogP contribution in [0.4, 0.5) is 5.69 Å². The largest absolute Gasteiger partial charge is 0.336 e. The van der Waals surface area contributed by atoms with Crippen LogP contribution >= 0.6 is 0 Å². The second kappa shape index (κ2) is 8.26. The van der Waals surface area contributed by atoms with Gasteiger partial charge in [-0.25, -0.2) is 0 Å². The summed E-state index contributed by atoms with van der Waals surface area (Å²) in [7, 11) is 0. The molecule has 0 aliphatic heterocycles. The maximum atomic E-state index is 13.2. The highest BCUT2D eigenvalue weighted by Crippen LogP contribution is 2.27. The Morgan fingerprint density at radius 2 is 1.62 bits per heavy atom. The summed E-state index contributed by atoms with van der Waals surface area (Å²) >= 11 is 0. The molecule has 1 amide bonds. The maximum absolute atomic E-state index is 13.2. The van der Waals surface area contributed by atoms with Crippen LogP contribution in [0.1, 0.15) is 41.6 Å². The Morgan fingerprint density at radius 3 is 2.25 bits per heavy atom. The molecule has 2 aromatic carbocycles. The number of nitrogens with one attached hydrogen (secondary N) is 1. The number of benzene rings is 2. The highest BCUT2D eigenvalue weighted by atomic mass is 16.2. The zero-order valence-electron chi connectivity index (χ0n) is 18.4. The molecular weight excluding hydrogens is 404 g/mol. The first-order valence-corrected chi connectivity index (χ1v) is 10.4. The number of carbonyl (C=O) groups is 2. The van der Waals surface area contributed by atoms with E-state index < -0.39 is 6.04 Å². The minimum atomic E-state index is -0.556. The van der Waals surface area contributed by atoms with E-state index in [2.05, 4.69) is 10.4 Å². The van der Waals surface area contributed by atoms with E-state index >= 15 is 0 Å². The van der Waals surface area contributed by atoms with Gasteiger partial charge in [-0.15, -0.1) is 0 Å². The van der Waals surface area contributed by atoms with E-state index in [0.717, 1.165) is 11.1 Å². The molecular formula is C25H24N4O3. The molecule has 162 valence electrons. The number of rotatable bonds is 5. The molecule has 0 radical (unpaired) electrons. The number of carbonyl (C=O) groups excluding carboxylic acids is 2. The number of fused-ring (bicyclic) bond motifs is 1. The Morgan fingerprint density at radius 1 is 0.969 bits per heavy atom. The van der Waals surface area contributed by atoms with Crippen molar-refractivity contribution in [3.05, 3.63) is 88.1 Å². The van der Waals surface area contributed by atoms with Gasteiger partial charge >= 0.3 is 0 Å². The average molecular weight is 428 g/mol. The van der Waals surface area contributed by atoms with Crippen molar-refractivity contribution in [3.63, 3.8) is 0 Å².